The largest absolute Gasteiger partial charge is 0.378 e. The maximum absolute atomic E-state index is 12.7. The van der Waals surface area contributed by atoms with Crippen molar-refractivity contribution in [3.05, 3.63) is 48.5 Å². The highest BCUT2D eigenvalue weighted by molar-refractivity contribution is 7.89. The predicted octanol–water partition coefficient (Wildman–Crippen LogP) is 3.92. The fourth-order valence-corrected chi connectivity index (χ4v) is 5.50. The zero-order chi connectivity index (χ0) is 23.4. The molecule has 1 fully saturated rings. The fraction of sp³-hybridized carbons (Fsp3) is 0.435. The van der Waals surface area contributed by atoms with Crippen LogP contribution in [0.1, 0.15) is 45.4 Å². The van der Waals surface area contributed by atoms with Crippen molar-refractivity contribution >= 4 is 21.7 Å². The van der Waals surface area contributed by atoms with Gasteiger partial charge in [0, 0.05) is 37.5 Å². The molecule has 9 nitrogen and oxygen atoms in total. The second-order valence-corrected chi connectivity index (χ2v) is 10.0. The minimum Gasteiger partial charge on any atom is -0.378 e. The summed E-state index contributed by atoms with van der Waals surface area (Å²) < 4.78 is 32.4. The Bertz CT molecular complexity index is 1170. The molecule has 0 aliphatic carbocycles. The van der Waals surface area contributed by atoms with Crippen molar-refractivity contribution in [1.82, 2.24) is 24.2 Å². The molecule has 0 saturated carbocycles. The molecule has 0 spiro atoms. The molecule has 1 saturated heterocycles. The van der Waals surface area contributed by atoms with Crippen molar-refractivity contribution in [1.29, 1.82) is 0 Å². The van der Waals surface area contributed by atoms with Crippen LogP contribution in [0, 0.1) is 0 Å². The highest BCUT2D eigenvalue weighted by atomic mass is 32.2. The zero-order valence-electron chi connectivity index (χ0n) is 19.2. The second kappa shape index (κ2) is 9.98. The average Bonchev–Trinajstić information content (AvgIpc) is 3.31. The second-order valence-electron chi connectivity index (χ2n) is 8.09. The summed E-state index contributed by atoms with van der Waals surface area (Å²) in [6.07, 6.45) is 5.62. The number of sulfonamides is 1. The molecule has 176 valence electrons. The molecule has 3 aromatic rings. The van der Waals surface area contributed by atoms with Gasteiger partial charge in [-0.1, -0.05) is 13.8 Å². The molecule has 2 aromatic heterocycles. The van der Waals surface area contributed by atoms with Gasteiger partial charge in [-0.3, -0.25) is 0 Å². The van der Waals surface area contributed by atoms with E-state index in [4.69, 9.17) is 4.74 Å². The number of rotatable bonds is 8. The van der Waals surface area contributed by atoms with Gasteiger partial charge in [0.05, 0.1) is 28.6 Å². The zero-order valence-corrected chi connectivity index (χ0v) is 20.0. The van der Waals surface area contributed by atoms with Crippen LogP contribution in [0.25, 0.3) is 11.4 Å². The Morgan fingerprint density at radius 1 is 1.15 bits per heavy atom. The van der Waals surface area contributed by atoms with Crippen LogP contribution in [0.4, 0.5) is 11.6 Å². The number of aromatic amines is 1. The maximum atomic E-state index is 12.7. The van der Waals surface area contributed by atoms with E-state index >= 15 is 0 Å². The summed E-state index contributed by atoms with van der Waals surface area (Å²) in [6.45, 7) is 7.36. The Hall–Kier alpha value is -2.82. The van der Waals surface area contributed by atoms with E-state index in [9.17, 15) is 8.42 Å². The highest BCUT2D eigenvalue weighted by Gasteiger charge is 2.24. The molecule has 0 amide bonds. The van der Waals surface area contributed by atoms with Gasteiger partial charge in [0.15, 0.2) is 0 Å². The maximum Gasteiger partial charge on any atom is 0.243 e. The summed E-state index contributed by atoms with van der Waals surface area (Å²) in [5.74, 6) is 1.73. The van der Waals surface area contributed by atoms with Gasteiger partial charge >= 0.3 is 0 Å². The first-order chi connectivity index (χ1) is 15.9. The average molecular weight is 471 g/mol. The van der Waals surface area contributed by atoms with E-state index in [2.05, 4.69) is 32.2 Å². The minimum absolute atomic E-state index is 0.237. The van der Waals surface area contributed by atoms with Crippen molar-refractivity contribution < 1.29 is 13.2 Å². The van der Waals surface area contributed by atoms with Crippen molar-refractivity contribution in [3.63, 3.8) is 0 Å². The van der Waals surface area contributed by atoms with Crippen LogP contribution in [-0.2, 0) is 14.8 Å². The van der Waals surface area contributed by atoms with E-state index in [-0.39, 0.29) is 11.0 Å². The van der Waals surface area contributed by atoms with Crippen molar-refractivity contribution in [3.8, 4) is 11.4 Å². The number of aromatic nitrogens is 4. The van der Waals surface area contributed by atoms with Crippen LogP contribution < -0.4 is 5.32 Å². The van der Waals surface area contributed by atoms with E-state index in [0.29, 0.717) is 30.6 Å². The first-order valence-corrected chi connectivity index (χ1v) is 12.7. The lowest BCUT2D eigenvalue weighted by atomic mass is 9.96. The molecule has 33 heavy (non-hydrogen) atoms. The molecule has 1 aliphatic heterocycles. The highest BCUT2D eigenvalue weighted by Crippen LogP contribution is 2.29. The van der Waals surface area contributed by atoms with E-state index < -0.39 is 10.0 Å². The van der Waals surface area contributed by atoms with Crippen molar-refractivity contribution in [2.45, 2.75) is 50.5 Å². The van der Waals surface area contributed by atoms with Gasteiger partial charge in [-0.05, 0) is 50.1 Å². The molecule has 0 radical (unpaired) electrons. The van der Waals surface area contributed by atoms with Crippen LogP contribution in [0.3, 0.4) is 0 Å². The SMILES string of the molecule is CCN(CC)S(=O)(=O)c1ccc(Nc2nccc(-c3cnc(C4CCOC(C)C4)[nH]3)n2)cc1. The third kappa shape index (κ3) is 5.23. The van der Waals surface area contributed by atoms with Gasteiger partial charge in [-0.15, -0.1) is 0 Å². The molecule has 1 aromatic carbocycles. The summed E-state index contributed by atoms with van der Waals surface area (Å²) >= 11 is 0. The Labute approximate surface area is 194 Å². The number of ether oxygens (including phenoxy) is 1. The molecule has 4 rings (SSSR count). The minimum atomic E-state index is -3.49. The van der Waals surface area contributed by atoms with Crippen LogP contribution in [0.5, 0.6) is 0 Å². The number of benzene rings is 1. The normalized spacial score (nSPS) is 19.0. The first-order valence-electron chi connectivity index (χ1n) is 11.3. The molecule has 0 bridgehead atoms. The van der Waals surface area contributed by atoms with Gasteiger partial charge < -0.3 is 15.0 Å². The summed E-state index contributed by atoms with van der Waals surface area (Å²) in [5.41, 5.74) is 2.26. The van der Waals surface area contributed by atoms with E-state index in [1.54, 1.807) is 36.7 Å². The van der Waals surface area contributed by atoms with Gasteiger partial charge in [0.25, 0.3) is 0 Å². The summed E-state index contributed by atoms with van der Waals surface area (Å²) in [5, 5.41) is 3.14. The van der Waals surface area contributed by atoms with Crippen LogP contribution in [-0.4, -0.2) is 58.5 Å². The number of anilines is 2. The summed E-state index contributed by atoms with van der Waals surface area (Å²) in [7, 11) is -3.49. The number of H-pyrrole nitrogens is 1. The Kier molecular flexibility index (Phi) is 7.06. The van der Waals surface area contributed by atoms with Gasteiger partial charge in [-0.25, -0.2) is 23.4 Å². The monoisotopic (exact) mass is 470 g/mol. The standard InChI is InChI=1S/C23H30N6O3S/c1-4-29(5-2)33(30,31)19-8-6-18(7-9-19)26-23-24-12-10-20(28-23)21-15-25-22(27-21)17-11-13-32-16(3)14-17/h6-10,12,15-17H,4-5,11,13-14H2,1-3H3,(H,25,27)(H,24,26,28). The molecule has 2 N–H and O–H groups in total. The molecular formula is C23H30N6O3S. The van der Waals surface area contributed by atoms with Crippen LogP contribution in [0.2, 0.25) is 0 Å². The Balaban J connectivity index is 1.48. The molecule has 10 heteroatoms. The lowest BCUT2D eigenvalue weighted by molar-refractivity contribution is 0.0174. The third-order valence-corrected chi connectivity index (χ3v) is 7.92. The van der Waals surface area contributed by atoms with E-state index in [1.807, 2.05) is 19.9 Å². The summed E-state index contributed by atoms with van der Waals surface area (Å²) in [4.78, 5) is 17.1. The fourth-order valence-electron chi connectivity index (χ4n) is 4.04. The van der Waals surface area contributed by atoms with E-state index in [1.165, 1.54) is 4.31 Å². The quantitative estimate of drug-likeness (QED) is 0.513. The number of nitrogens with zero attached hydrogens (tertiary/aromatic N) is 4. The lowest BCUT2D eigenvalue weighted by Gasteiger charge is -2.25. The topological polar surface area (TPSA) is 113 Å². The number of imidazole rings is 1. The van der Waals surface area contributed by atoms with Crippen LogP contribution in [0.15, 0.2) is 47.6 Å². The number of nitrogens with one attached hydrogen (secondary N) is 2. The number of hydrogen-bond acceptors (Lipinski definition) is 7. The molecule has 2 atom stereocenters. The van der Waals surface area contributed by atoms with Crippen molar-refractivity contribution in [2.75, 3.05) is 25.0 Å². The lowest BCUT2D eigenvalue weighted by Crippen LogP contribution is -2.30. The Morgan fingerprint density at radius 3 is 2.61 bits per heavy atom. The van der Waals surface area contributed by atoms with E-state index in [0.717, 1.165) is 36.7 Å². The summed E-state index contributed by atoms with van der Waals surface area (Å²) in [6, 6.07) is 8.45. The van der Waals surface area contributed by atoms with Gasteiger partial charge in [0.1, 0.15) is 5.82 Å². The molecule has 1 aliphatic rings. The molecule has 2 unspecified atom stereocenters. The molecule has 3 heterocycles. The third-order valence-electron chi connectivity index (χ3n) is 5.85. The van der Waals surface area contributed by atoms with Gasteiger partial charge in [-0.2, -0.15) is 4.31 Å². The van der Waals surface area contributed by atoms with Crippen LogP contribution >= 0.6 is 0 Å². The predicted molar refractivity (Wildman–Crippen MR) is 127 cm³/mol. The van der Waals surface area contributed by atoms with Crippen molar-refractivity contribution in [2.24, 2.45) is 0 Å². The number of hydrogen-bond donors (Lipinski definition) is 2. The van der Waals surface area contributed by atoms with Gasteiger partial charge in [0.2, 0.25) is 16.0 Å². The smallest absolute Gasteiger partial charge is 0.243 e. The first kappa shape index (κ1) is 23.3. The molecular weight excluding hydrogens is 440 g/mol. The Morgan fingerprint density at radius 2 is 1.91 bits per heavy atom.